The molecule has 164 valence electrons. The van der Waals surface area contributed by atoms with Gasteiger partial charge in [-0.25, -0.2) is 5.84 Å². The van der Waals surface area contributed by atoms with Gasteiger partial charge in [-0.1, -0.05) is 24.3 Å². The monoisotopic (exact) mass is 425 g/mol. The maximum Gasteiger partial charge on any atom is 0.255 e. The number of aliphatic hydroxyl groups is 2. The Hall–Kier alpha value is -3.27. The fourth-order valence-electron chi connectivity index (χ4n) is 3.39. The Bertz CT molecular complexity index is 938. The van der Waals surface area contributed by atoms with Crippen LogP contribution in [0.25, 0.3) is 0 Å². The standard InChI is InChI=1S/C22H27N5O4/c1-3-11-27(23)17-8-6-15(7-9-17)14(2)25-21(30)19(28)20(29)22(31)26-12-16-5-4-10-24-18(16)13-26/h3-11,14,19-20,28-29H,12-13,23H2,1-2H3,(H,25,30)/b11-3-/t14-,19-,20-/m1/s1. The summed E-state index contributed by atoms with van der Waals surface area (Å²) in [7, 11) is 0. The molecule has 0 saturated heterocycles. The summed E-state index contributed by atoms with van der Waals surface area (Å²) in [4.78, 5) is 30.5. The molecule has 0 fully saturated rings. The van der Waals surface area contributed by atoms with Crippen LogP contribution in [0.3, 0.4) is 0 Å². The highest BCUT2D eigenvalue weighted by atomic mass is 16.3. The van der Waals surface area contributed by atoms with Crippen LogP contribution in [0.1, 0.15) is 36.7 Å². The lowest BCUT2D eigenvalue weighted by Gasteiger charge is -2.24. The summed E-state index contributed by atoms with van der Waals surface area (Å²) < 4.78 is 0. The molecular formula is C22H27N5O4. The van der Waals surface area contributed by atoms with Crippen molar-refractivity contribution < 1.29 is 19.8 Å². The van der Waals surface area contributed by atoms with Gasteiger partial charge in [-0.05, 0) is 43.2 Å². The van der Waals surface area contributed by atoms with Crippen LogP contribution in [0.4, 0.5) is 5.69 Å². The van der Waals surface area contributed by atoms with E-state index in [2.05, 4.69) is 10.3 Å². The second-order valence-electron chi connectivity index (χ2n) is 7.40. The fourth-order valence-corrected chi connectivity index (χ4v) is 3.39. The molecule has 9 nitrogen and oxygen atoms in total. The van der Waals surface area contributed by atoms with Crippen LogP contribution in [-0.4, -0.2) is 44.1 Å². The molecule has 1 aliphatic heterocycles. The SMILES string of the molecule is C/C=C\N(N)c1ccc([C@@H](C)NC(=O)[C@H](O)[C@@H](O)C(=O)N2Cc3cccnc3C2)cc1. The number of allylic oxidation sites excluding steroid dienone is 1. The molecule has 0 spiro atoms. The number of carbonyl (C=O) groups is 2. The molecule has 5 N–H and O–H groups in total. The van der Waals surface area contributed by atoms with Gasteiger partial charge in [0.25, 0.3) is 11.8 Å². The number of nitrogens with two attached hydrogens (primary N) is 1. The molecule has 0 bridgehead atoms. The van der Waals surface area contributed by atoms with Crippen molar-refractivity contribution in [2.24, 2.45) is 5.84 Å². The van der Waals surface area contributed by atoms with E-state index >= 15 is 0 Å². The number of amides is 2. The number of rotatable bonds is 7. The lowest BCUT2D eigenvalue weighted by Crippen LogP contribution is -2.50. The number of carbonyl (C=O) groups excluding carboxylic acids is 2. The number of fused-ring (bicyclic) bond motifs is 1. The molecule has 0 aliphatic carbocycles. The third kappa shape index (κ3) is 5.08. The minimum Gasteiger partial charge on any atom is -0.380 e. The summed E-state index contributed by atoms with van der Waals surface area (Å²) in [6, 6.07) is 10.4. The molecular weight excluding hydrogens is 398 g/mol. The van der Waals surface area contributed by atoms with E-state index in [4.69, 9.17) is 5.84 Å². The van der Waals surface area contributed by atoms with Crippen LogP contribution in [-0.2, 0) is 22.7 Å². The quantitative estimate of drug-likeness (QED) is 0.380. The van der Waals surface area contributed by atoms with Gasteiger partial charge in [-0.15, -0.1) is 0 Å². The van der Waals surface area contributed by atoms with Crippen LogP contribution in [0, 0.1) is 0 Å². The summed E-state index contributed by atoms with van der Waals surface area (Å²) in [5, 5.41) is 24.6. The first-order valence-corrected chi connectivity index (χ1v) is 9.96. The van der Waals surface area contributed by atoms with Crippen molar-refractivity contribution in [1.82, 2.24) is 15.2 Å². The van der Waals surface area contributed by atoms with Gasteiger partial charge < -0.3 is 20.4 Å². The predicted molar refractivity (Wildman–Crippen MR) is 115 cm³/mol. The molecule has 3 atom stereocenters. The zero-order valence-corrected chi connectivity index (χ0v) is 17.5. The predicted octanol–water partition coefficient (Wildman–Crippen LogP) is 0.737. The first kappa shape index (κ1) is 22.4. The lowest BCUT2D eigenvalue weighted by atomic mass is 10.1. The Kier molecular flexibility index (Phi) is 7.01. The first-order chi connectivity index (χ1) is 14.8. The number of hydrazine groups is 1. The Morgan fingerprint density at radius 1 is 1.19 bits per heavy atom. The number of hydrogen-bond donors (Lipinski definition) is 4. The topological polar surface area (TPSA) is 132 Å². The van der Waals surface area contributed by atoms with Crippen LogP contribution >= 0.6 is 0 Å². The minimum absolute atomic E-state index is 0.231. The highest BCUT2D eigenvalue weighted by Gasteiger charge is 2.36. The van der Waals surface area contributed by atoms with E-state index in [-0.39, 0.29) is 13.1 Å². The maximum absolute atomic E-state index is 12.6. The van der Waals surface area contributed by atoms with E-state index in [1.165, 1.54) is 9.91 Å². The number of nitrogens with one attached hydrogen (secondary N) is 1. The van der Waals surface area contributed by atoms with E-state index in [9.17, 15) is 19.8 Å². The summed E-state index contributed by atoms with van der Waals surface area (Å²) in [5.41, 5.74) is 3.16. The van der Waals surface area contributed by atoms with Gasteiger partial charge in [0, 0.05) is 18.9 Å². The summed E-state index contributed by atoms with van der Waals surface area (Å²) in [6.45, 7) is 4.11. The number of aliphatic hydroxyl groups excluding tert-OH is 2. The Morgan fingerprint density at radius 3 is 2.55 bits per heavy atom. The lowest BCUT2D eigenvalue weighted by molar-refractivity contribution is -0.153. The number of nitrogens with zero attached hydrogens (tertiary/aromatic N) is 3. The average Bonchev–Trinajstić information content (AvgIpc) is 3.22. The van der Waals surface area contributed by atoms with Crippen molar-refractivity contribution in [3.63, 3.8) is 0 Å². The molecule has 0 saturated carbocycles. The molecule has 2 amide bonds. The summed E-state index contributed by atoms with van der Waals surface area (Å²) >= 11 is 0. The normalized spacial score (nSPS) is 16.0. The Balaban J connectivity index is 1.57. The number of benzene rings is 1. The van der Waals surface area contributed by atoms with Crippen molar-refractivity contribution in [3.05, 3.63) is 71.7 Å². The van der Waals surface area contributed by atoms with E-state index < -0.39 is 30.1 Å². The van der Waals surface area contributed by atoms with Crippen molar-refractivity contribution in [2.45, 2.75) is 45.2 Å². The zero-order valence-electron chi connectivity index (χ0n) is 17.5. The van der Waals surface area contributed by atoms with Crippen molar-refractivity contribution >= 4 is 17.5 Å². The van der Waals surface area contributed by atoms with Crippen molar-refractivity contribution in [3.8, 4) is 0 Å². The highest BCUT2D eigenvalue weighted by molar-refractivity contribution is 5.91. The van der Waals surface area contributed by atoms with E-state index in [0.29, 0.717) is 0 Å². The Morgan fingerprint density at radius 2 is 1.90 bits per heavy atom. The van der Waals surface area contributed by atoms with Gasteiger partial charge in [0.2, 0.25) is 0 Å². The molecule has 31 heavy (non-hydrogen) atoms. The number of hydrogen-bond acceptors (Lipinski definition) is 7. The van der Waals surface area contributed by atoms with E-state index in [1.807, 2.05) is 19.1 Å². The third-order valence-corrected chi connectivity index (χ3v) is 5.18. The second kappa shape index (κ2) is 9.69. The van der Waals surface area contributed by atoms with E-state index in [1.54, 1.807) is 49.7 Å². The smallest absolute Gasteiger partial charge is 0.255 e. The fraction of sp³-hybridized carbons (Fsp3) is 0.318. The molecule has 3 rings (SSSR count). The number of aromatic nitrogens is 1. The third-order valence-electron chi connectivity index (χ3n) is 5.18. The van der Waals surface area contributed by atoms with Crippen LogP contribution in [0.5, 0.6) is 0 Å². The number of anilines is 1. The average molecular weight is 425 g/mol. The zero-order chi connectivity index (χ0) is 22.5. The first-order valence-electron chi connectivity index (χ1n) is 9.96. The highest BCUT2D eigenvalue weighted by Crippen LogP contribution is 2.22. The van der Waals surface area contributed by atoms with Gasteiger partial charge in [-0.3, -0.25) is 19.6 Å². The second-order valence-corrected chi connectivity index (χ2v) is 7.40. The van der Waals surface area contributed by atoms with E-state index in [0.717, 1.165) is 22.5 Å². The molecule has 1 aromatic carbocycles. The van der Waals surface area contributed by atoms with Gasteiger partial charge in [-0.2, -0.15) is 0 Å². The molecule has 2 heterocycles. The molecule has 0 radical (unpaired) electrons. The van der Waals surface area contributed by atoms with Gasteiger partial charge >= 0.3 is 0 Å². The van der Waals surface area contributed by atoms with Crippen LogP contribution < -0.4 is 16.2 Å². The Labute approximate surface area is 180 Å². The summed E-state index contributed by atoms with van der Waals surface area (Å²) in [5.74, 6) is 4.32. The largest absolute Gasteiger partial charge is 0.380 e. The molecule has 0 unspecified atom stereocenters. The van der Waals surface area contributed by atoms with Crippen LogP contribution in [0.15, 0.2) is 54.9 Å². The van der Waals surface area contributed by atoms with Crippen molar-refractivity contribution in [1.29, 1.82) is 0 Å². The van der Waals surface area contributed by atoms with Crippen molar-refractivity contribution in [2.75, 3.05) is 5.01 Å². The maximum atomic E-state index is 12.6. The summed E-state index contributed by atoms with van der Waals surface area (Å²) in [6.07, 6.45) is 1.40. The van der Waals surface area contributed by atoms with Crippen LogP contribution in [0.2, 0.25) is 0 Å². The van der Waals surface area contributed by atoms with Gasteiger partial charge in [0.05, 0.1) is 24.0 Å². The van der Waals surface area contributed by atoms with Gasteiger partial charge in [0.1, 0.15) is 0 Å². The molecule has 1 aliphatic rings. The number of pyridine rings is 1. The minimum atomic E-state index is -1.89. The molecule has 9 heteroatoms. The molecule has 1 aromatic heterocycles. The molecule has 2 aromatic rings. The van der Waals surface area contributed by atoms with Gasteiger partial charge in [0.15, 0.2) is 12.2 Å².